The predicted molar refractivity (Wildman–Crippen MR) is 125 cm³/mol. The van der Waals surface area contributed by atoms with Crippen LogP contribution in [0.1, 0.15) is 11.1 Å². The Morgan fingerprint density at radius 1 is 0.968 bits per heavy atom. The zero-order valence-corrected chi connectivity index (χ0v) is 18.4. The highest BCUT2D eigenvalue weighted by molar-refractivity contribution is 7.90. The summed E-state index contributed by atoms with van der Waals surface area (Å²) >= 11 is 0. The SMILES string of the molecule is C=[N+](C)CCc1c(-c2ccccc2O)n(S(=O)(=O)c2ccc(C)cc2)c2ccccc12. The molecule has 1 heterocycles. The highest BCUT2D eigenvalue weighted by Crippen LogP contribution is 2.40. The molecule has 31 heavy (non-hydrogen) atoms. The van der Waals surface area contributed by atoms with Crippen LogP contribution in [0.4, 0.5) is 0 Å². The molecule has 4 rings (SSSR count). The second kappa shape index (κ2) is 8.04. The van der Waals surface area contributed by atoms with E-state index < -0.39 is 10.0 Å². The van der Waals surface area contributed by atoms with Crippen molar-refractivity contribution in [1.29, 1.82) is 0 Å². The first-order chi connectivity index (χ1) is 14.8. The second-order valence-corrected chi connectivity index (χ2v) is 9.56. The maximum absolute atomic E-state index is 13.9. The Balaban J connectivity index is 2.11. The van der Waals surface area contributed by atoms with Gasteiger partial charge >= 0.3 is 0 Å². The van der Waals surface area contributed by atoms with Gasteiger partial charge in [-0.1, -0.05) is 48.0 Å². The minimum absolute atomic E-state index is 0.0369. The quantitative estimate of drug-likeness (QED) is 0.361. The van der Waals surface area contributed by atoms with Crippen LogP contribution >= 0.6 is 0 Å². The van der Waals surface area contributed by atoms with Crippen LogP contribution in [0.25, 0.3) is 22.2 Å². The molecule has 0 aliphatic rings. The van der Waals surface area contributed by atoms with E-state index in [1.54, 1.807) is 48.5 Å². The van der Waals surface area contributed by atoms with Gasteiger partial charge in [0.1, 0.15) is 26.1 Å². The van der Waals surface area contributed by atoms with Crippen molar-refractivity contribution in [3.63, 3.8) is 0 Å². The Hall–Kier alpha value is -3.38. The van der Waals surface area contributed by atoms with E-state index in [0.717, 1.165) is 16.5 Å². The van der Waals surface area contributed by atoms with Gasteiger partial charge in [0.25, 0.3) is 10.0 Å². The molecule has 0 atom stereocenters. The second-order valence-electron chi connectivity index (χ2n) is 7.77. The summed E-state index contributed by atoms with van der Waals surface area (Å²) in [6, 6.07) is 21.1. The average Bonchev–Trinajstić information content (AvgIpc) is 3.07. The molecule has 5 nitrogen and oxygen atoms in total. The fourth-order valence-corrected chi connectivity index (χ4v) is 5.40. The van der Waals surface area contributed by atoms with E-state index in [1.165, 1.54) is 3.97 Å². The van der Waals surface area contributed by atoms with Gasteiger partial charge in [-0.3, -0.25) is 0 Å². The van der Waals surface area contributed by atoms with Crippen molar-refractivity contribution in [2.24, 2.45) is 0 Å². The number of likely N-dealkylation sites (N-methyl/N-ethyl adjacent to an activating group) is 1. The zero-order chi connectivity index (χ0) is 22.2. The smallest absolute Gasteiger partial charge is 0.268 e. The molecule has 1 N–H and O–H groups in total. The van der Waals surface area contributed by atoms with E-state index in [0.29, 0.717) is 29.7 Å². The summed E-state index contributed by atoms with van der Waals surface area (Å²) in [6.45, 7) is 6.48. The lowest BCUT2D eigenvalue weighted by Gasteiger charge is -2.14. The van der Waals surface area contributed by atoms with Crippen LogP contribution in [-0.4, -0.2) is 42.4 Å². The number of hydrogen-bond donors (Lipinski definition) is 1. The third kappa shape index (κ3) is 3.75. The fraction of sp³-hybridized carbons (Fsp3) is 0.160. The number of aromatic hydroxyl groups is 1. The Kier molecular flexibility index (Phi) is 5.41. The van der Waals surface area contributed by atoms with E-state index in [1.807, 2.05) is 42.8 Å². The van der Waals surface area contributed by atoms with Gasteiger partial charge < -0.3 is 5.11 Å². The van der Waals surface area contributed by atoms with Gasteiger partial charge in [0, 0.05) is 17.4 Å². The average molecular weight is 434 g/mol. The summed E-state index contributed by atoms with van der Waals surface area (Å²) in [6.07, 6.45) is 0.584. The number of phenols is 1. The molecule has 4 aromatic rings. The van der Waals surface area contributed by atoms with Crippen molar-refractivity contribution in [1.82, 2.24) is 3.97 Å². The number of fused-ring (bicyclic) bond motifs is 1. The Bertz CT molecular complexity index is 1380. The first-order valence-corrected chi connectivity index (χ1v) is 11.5. The zero-order valence-electron chi connectivity index (χ0n) is 17.6. The molecule has 0 fully saturated rings. The molecule has 0 radical (unpaired) electrons. The molecule has 0 unspecified atom stereocenters. The minimum Gasteiger partial charge on any atom is -0.507 e. The van der Waals surface area contributed by atoms with Crippen molar-refractivity contribution in [2.45, 2.75) is 18.2 Å². The normalized spacial score (nSPS) is 11.7. The molecular weight excluding hydrogens is 408 g/mol. The molecule has 0 spiro atoms. The molecular formula is C25H25N2O3S+. The van der Waals surface area contributed by atoms with Crippen LogP contribution in [0.5, 0.6) is 5.75 Å². The molecule has 0 bridgehead atoms. The lowest BCUT2D eigenvalue weighted by molar-refractivity contribution is -0.487. The van der Waals surface area contributed by atoms with Crippen LogP contribution < -0.4 is 0 Å². The summed E-state index contributed by atoms with van der Waals surface area (Å²) in [4.78, 5) is 0.205. The largest absolute Gasteiger partial charge is 0.507 e. The maximum atomic E-state index is 13.9. The maximum Gasteiger partial charge on any atom is 0.268 e. The molecule has 3 aromatic carbocycles. The predicted octanol–water partition coefficient (Wildman–Crippen LogP) is 4.44. The van der Waals surface area contributed by atoms with Crippen LogP contribution in [0.15, 0.2) is 77.7 Å². The molecule has 0 saturated heterocycles. The van der Waals surface area contributed by atoms with E-state index >= 15 is 0 Å². The van der Waals surface area contributed by atoms with Gasteiger partial charge in [0.15, 0.2) is 0 Å². The number of nitrogens with zero attached hydrogens (tertiary/aromatic N) is 2. The molecule has 0 amide bonds. The van der Waals surface area contributed by atoms with Gasteiger partial charge in [-0.25, -0.2) is 17.0 Å². The topological polar surface area (TPSA) is 62.3 Å². The number of para-hydroxylation sites is 2. The molecule has 0 saturated carbocycles. The number of aryl methyl sites for hydroxylation is 1. The van der Waals surface area contributed by atoms with E-state index in [-0.39, 0.29) is 10.6 Å². The number of benzene rings is 3. The lowest BCUT2D eigenvalue weighted by atomic mass is 10.0. The van der Waals surface area contributed by atoms with Gasteiger partial charge in [-0.2, -0.15) is 0 Å². The molecule has 6 heteroatoms. The van der Waals surface area contributed by atoms with E-state index in [2.05, 4.69) is 6.72 Å². The minimum atomic E-state index is -3.92. The van der Waals surface area contributed by atoms with Gasteiger partial charge in [-0.05, 0) is 42.8 Å². The Morgan fingerprint density at radius 2 is 1.61 bits per heavy atom. The van der Waals surface area contributed by atoms with E-state index in [9.17, 15) is 13.5 Å². The highest BCUT2D eigenvalue weighted by atomic mass is 32.2. The molecule has 0 aliphatic heterocycles. The third-order valence-electron chi connectivity index (χ3n) is 5.40. The van der Waals surface area contributed by atoms with Gasteiger partial charge in [0.2, 0.25) is 0 Å². The number of hydrogen-bond acceptors (Lipinski definition) is 3. The first-order valence-electron chi connectivity index (χ1n) is 10.1. The molecule has 0 aliphatic carbocycles. The highest BCUT2D eigenvalue weighted by Gasteiger charge is 2.29. The summed E-state index contributed by atoms with van der Waals surface area (Å²) < 4.78 is 30.9. The standard InChI is InChI=1S/C25H24N2O3S/c1-18-12-14-19(15-13-18)31(29,30)27-23-10-6-4-8-20(23)21(16-17-26(2)3)25(27)22-9-5-7-11-24(22)28/h4-15H,2,16-17H2,1,3H3/p+1. The van der Waals surface area contributed by atoms with Crippen molar-refractivity contribution in [3.05, 3.63) is 83.9 Å². The first kappa shape index (κ1) is 20.9. The Labute approximate surface area is 182 Å². The third-order valence-corrected chi connectivity index (χ3v) is 7.13. The van der Waals surface area contributed by atoms with Crippen LogP contribution in [-0.2, 0) is 16.4 Å². The number of aromatic nitrogens is 1. The monoisotopic (exact) mass is 433 g/mol. The summed E-state index contributed by atoms with van der Waals surface area (Å²) in [5.41, 5.74) is 3.40. The molecule has 1 aromatic heterocycles. The van der Waals surface area contributed by atoms with Crippen molar-refractivity contribution in [3.8, 4) is 17.0 Å². The number of phenolic OH excluding ortho intramolecular Hbond substituents is 1. The summed E-state index contributed by atoms with van der Waals surface area (Å²) in [5.74, 6) is 0.0369. The fourth-order valence-electron chi connectivity index (χ4n) is 3.84. The van der Waals surface area contributed by atoms with Gasteiger partial charge in [0.05, 0.1) is 16.1 Å². The van der Waals surface area contributed by atoms with Gasteiger partial charge in [-0.15, -0.1) is 0 Å². The van der Waals surface area contributed by atoms with E-state index in [4.69, 9.17) is 0 Å². The van der Waals surface area contributed by atoms with Crippen molar-refractivity contribution < 1.29 is 18.1 Å². The van der Waals surface area contributed by atoms with Crippen LogP contribution in [0.2, 0.25) is 0 Å². The van der Waals surface area contributed by atoms with Crippen molar-refractivity contribution >= 4 is 27.6 Å². The summed E-state index contributed by atoms with van der Waals surface area (Å²) in [5, 5.41) is 11.5. The molecule has 158 valence electrons. The number of rotatable bonds is 6. The van der Waals surface area contributed by atoms with Crippen molar-refractivity contribution in [2.75, 3.05) is 13.6 Å². The van der Waals surface area contributed by atoms with Crippen LogP contribution in [0.3, 0.4) is 0 Å². The Morgan fingerprint density at radius 3 is 2.29 bits per heavy atom. The summed E-state index contributed by atoms with van der Waals surface area (Å²) in [7, 11) is -2.04. The lowest BCUT2D eigenvalue weighted by Crippen LogP contribution is -2.15. The van der Waals surface area contributed by atoms with Crippen LogP contribution in [0, 0.1) is 6.92 Å².